The molecular formula is C14H17N3O2. The van der Waals surface area contributed by atoms with E-state index < -0.39 is 5.97 Å². The lowest BCUT2D eigenvalue weighted by atomic mass is 9.90. The van der Waals surface area contributed by atoms with E-state index in [1.54, 1.807) is 4.68 Å². The molecule has 19 heavy (non-hydrogen) atoms. The van der Waals surface area contributed by atoms with Crippen LogP contribution in [0, 0.1) is 6.92 Å². The maximum absolute atomic E-state index is 11.3. The van der Waals surface area contributed by atoms with Crippen molar-refractivity contribution < 1.29 is 9.90 Å². The molecule has 1 heterocycles. The van der Waals surface area contributed by atoms with Crippen LogP contribution in [0.4, 0.5) is 0 Å². The zero-order valence-corrected chi connectivity index (χ0v) is 11.5. The third kappa shape index (κ3) is 2.36. The molecule has 0 bridgehead atoms. The van der Waals surface area contributed by atoms with Gasteiger partial charge in [0.2, 0.25) is 0 Å². The smallest absolute Gasteiger partial charge is 0.358 e. The molecule has 0 aliphatic heterocycles. The van der Waals surface area contributed by atoms with Crippen LogP contribution >= 0.6 is 0 Å². The summed E-state index contributed by atoms with van der Waals surface area (Å²) in [6, 6.07) is 7.70. The number of aromatic nitrogens is 3. The van der Waals surface area contributed by atoms with Crippen LogP contribution in [-0.2, 0) is 5.41 Å². The van der Waals surface area contributed by atoms with Gasteiger partial charge in [-0.15, -0.1) is 5.10 Å². The van der Waals surface area contributed by atoms with Crippen molar-refractivity contribution in [1.82, 2.24) is 15.0 Å². The third-order valence-corrected chi connectivity index (χ3v) is 2.93. The van der Waals surface area contributed by atoms with E-state index in [0.29, 0.717) is 5.69 Å². The Balaban J connectivity index is 2.73. The van der Waals surface area contributed by atoms with E-state index in [0.717, 1.165) is 11.3 Å². The standard InChI is InChI=1S/C14H17N3O2/c1-9-7-5-6-8-10(9)17-12(14(2,3)4)11(13(18)19)15-16-17/h5-8H,1-4H3,(H,18,19). The maximum atomic E-state index is 11.3. The number of carboxylic acids is 1. The Morgan fingerprint density at radius 2 is 1.89 bits per heavy atom. The van der Waals surface area contributed by atoms with Gasteiger partial charge in [-0.05, 0) is 18.6 Å². The Hall–Kier alpha value is -2.17. The molecule has 5 nitrogen and oxygen atoms in total. The normalized spacial score (nSPS) is 11.6. The summed E-state index contributed by atoms with van der Waals surface area (Å²) in [7, 11) is 0. The molecule has 0 aliphatic rings. The van der Waals surface area contributed by atoms with E-state index in [1.807, 2.05) is 52.0 Å². The predicted molar refractivity (Wildman–Crippen MR) is 71.8 cm³/mol. The highest BCUT2D eigenvalue weighted by Crippen LogP contribution is 2.28. The molecule has 1 aromatic heterocycles. The topological polar surface area (TPSA) is 68.0 Å². The molecule has 1 N–H and O–H groups in total. The van der Waals surface area contributed by atoms with E-state index in [-0.39, 0.29) is 11.1 Å². The number of para-hydroxylation sites is 1. The number of carbonyl (C=O) groups is 1. The lowest BCUT2D eigenvalue weighted by Gasteiger charge is -2.21. The van der Waals surface area contributed by atoms with Gasteiger partial charge in [-0.3, -0.25) is 0 Å². The molecule has 5 heteroatoms. The number of nitrogens with zero attached hydrogens (tertiary/aromatic N) is 3. The van der Waals surface area contributed by atoms with E-state index in [9.17, 15) is 9.90 Å². The summed E-state index contributed by atoms with van der Waals surface area (Å²) in [6.45, 7) is 7.82. The van der Waals surface area contributed by atoms with Crippen LogP contribution < -0.4 is 0 Å². The van der Waals surface area contributed by atoms with Gasteiger partial charge in [-0.25, -0.2) is 9.48 Å². The molecule has 0 radical (unpaired) electrons. The molecule has 0 saturated heterocycles. The van der Waals surface area contributed by atoms with Crippen molar-refractivity contribution in [3.05, 3.63) is 41.2 Å². The van der Waals surface area contributed by atoms with Crippen LogP contribution in [-0.4, -0.2) is 26.1 Å². The van der Waals surface area contributed by atoms with Crippen molar-refractivity contribution in [3.8, 4) is 5.69 Å². The minimum atomic E-state index is -1.05. The number of hydrogen-bond acceptors (Lipinski definition) is 3. The van der Waals surface area contributed by atoms with Crippen LogP contribution in [0.1, 0.15) is 42.5 Å². The van der Waals surface area contributed by atoms with Crippen LogP contribution in [0.3, 0.4) is 0 Å². The first kappa shape index (κ1) is 13.3. The Bertz CT molecular complexity index is 624. The summed E-state index contributed by atoms with van der Waals surface area (Å²) in [5.74, 6) is -1.05. The number of hydrogen-bond donors (Lipinski definition) is 1. The van der Waals surface area contributed by atoms with Gasteiger partial charge < -0.3 is 5.11 Å². The number of aromatic carboxylic acids is 1. The first-order valence-electron chi connectivity index (χ1n) is 6.08. The highest BCUT2D eigenvalue weighted by Gasteiger charge is 2.29. The minimum Gasteiger partial charge on any atom is -0.476 e. The second-order valence-electron chi connectivity index (χ2n) is 5.54. The summed E-state index contributed by atoms with van der Waals surface area (Å²) < 4.78 is 1.62. The number of benzene rings is 1. The Morgan fingerprint density at radius 3 is 2.42 bits per heavy atom. The second kappa shape index (κ2) is 4.50. The van der Waals surface area contributed by atoms with Crippen molar-refractivity contribution in [2.24, 2.45) is 0 Å². The third-order valence-electron chi connectivity index (χ3n) is 2.93. The molecule has 0 amide bonds. The Kier molecular flexibility index (Phi) is 3.14. The summed E-state index contributed by atoms with van der Waals surface area (Å²) in [6.07, 6.45) is 0. The van der Waals surface area contributed by atoms with Crippen molar-refractivity contribution in [1.29, 1.82) is 0 Å². The van der Waals surface area contributed by atoms with Gasteiger partial charge in [-0.1, -0.05) is 44.2 Å². The lowest BCUT2D eigenvalue weighted by Crippen LogP contribution is -2.21. The minimum absolute atomic E-state index is 0.00996. The molecule has 2 rings (SSSR count). The van der Waals surface area contributed by atoms with Gasteiger partial charge in [-0.2, -0.15) is 0 Å². The number of carboxylic acid groups (broad SMARTS) is 1. The molecule has 1 aromatic carbocycles. The largest absolute Gasteiger partial charge is 0.476 e. The Labute approximate surface area is 111 Å². The Morgan fingerprint density at radius 1 is 1.26 bits per heavy atom. The van der Waals surface area contributed by atoms with Gasteiger partial charge in [0.15, 0.2) is 5.69 Å². The van der Waals surface area contributed by atoms with Gasteiger partial charge >= 0.3 is 5.97 Å². The quantitative estimate of drug-likeness (QED) is 0.900. The molecule has 0 saturated carbocycles. The van der Waals surface area contributed by atoms with E-state index in [2.05, 4.69) is 10.3 Å². The van der Waals surface area contributed by atoms with E-state index >= 15 is 0 Å². The molecule has 0 spiro atoms. The number of aryl methyl sites for hydroxylation is 1. The average Bonchev–Trinajstić information content (AvgIpc) is 2.73. The molecule has 100 valence electrons. The average molecular weight is 259 g/mol. The molecule has 0 unspecified atom stereocenters. The summed E-state index contributed by atoms with van der Waals surface area (Å²) in [4.78, 5) is 11.3. The molecular weight excluding hydrogens is 242 g/mol. The van der Waals surface area contributed by atoms with Gasteiger partial charge in [0.05, 0.1) is 11.4 Å². The molecule has 2 aromatic rings. The van der Waals surface area contributed by atoms with Crippen molar-refractivity contribution in [2.75, 3.05) is 0 Å². The predicted octanol–water partition coefficient (Wildman–Crippen LogP) is 2.57. The SMILES string of the molecule is Cc1ccccc1-n1nnc(C(=O)O)c1C(C)(C)C. The fourth-order valence-electron chi connectivity index (χ4n) is 2.07. The van der Waals surface area contributed by atoms with Gasteiger partial charge in [0.25, 0.3) is 0 Å². The fourth-order valence-corrected chi connectivity index (χ4v) is 2.07. The van der Waals surface area contributed by atoms with Gasteiger partial charge in [0.1, 0.15) is 0 Å². The van der Waals surface area contributed by atoms with Crippen molar-refractivity contribution in [3.63, 3.8) is 0 Å². The number of rotatable bonds is 2. The van der Waals surface area contributed by atoms with Crippen LogP contribution in [0.5, 0.6) is 0 Å². The summed E-state index contributed by atoms with van der Waals surface area (Å²) in [5, 5.41) is 17.1. The zero-order chi connectivity index (χ0) is 14.2. The van der Waals surface area contributed by atoms with Gasteiger partial charge in [0, 0.05) is 5.41 Å². The summed E-state index contributed by atoms with van der Waals surface area (Å²) >= 11 is 0. The fraction of sp³-hybridized carbons (Fsp3) is 0.357. The highest BCUT2D eigenvalue weighted by molar-refractivity contribution is 5.87. The molecule has 0 fully saturated rings. The summed E-state index contributed by atoms with van der Waals surface area (Å²) in [5.41, 5.74) is 2.13. The maximum Gasteiger partial charge on any atom is 0.358 e. The second-order valence-corrected chi connectivity index (χ2v) is 5.54. The van der Waals surface area contributed by atoms with Crippen LogP contribution in [0.2, 0.25) is 0 Å². The first-order chi connectivity index (χ1) is 8.82. The lowest BCUT2D eigenvalue weighted by molar-refractivity contribution is 0.0687. The monoisotopic (exact) mass is 259 g/mol. The van der Waals surface area contributed by atoms with E-state index in [1.165, 1.54) is 0 Å². The van der Waals surface area contributed by atoms with Crippen LogP contribution in [0.25, 0.3) is 5.69 Å². The van der Waals surface area contributed by atoms with Crippen LogP contribution in [0.15, 0.2) is 24.3 Å². The van der Waals surface area contributed by atoms with E-state index in [4.69, 9.17) is 0 Å². The molecule has 0 atom stereocenters. The molecule has 0 aliphatic carbocycles. The zero-order valence-electron chi connectivity index (χ0n) is 11.5. The van der Waals surface area contributed by atoms with Crippen molar-refractivity contribution >= 4 is 5.97 Å². The highest BCUT2D eigenvalue weighted by atomic mass is 16.4. The first-order valence-corrected chi connectivity index (χ1v) is 6.08. The van der Waals surface area contributed by atoms with Crippen molar-refractivity contribution in [2.45, 2.75) is 33.1 Å².